The van der Waals surface area contributed by atoms with Gasteiger partial charge in [-0.25, -0.2) is 4.98 Å². The summed E-state index contributed by atoms with van der Waals surface area (Å²) >= 11 is 0. The first-order chi connectivity index (χ1) is 10.6. The van der Waals surface area contributed by atoms with Crippen molar-refractivity contribution in [2.75, 3.05) is 0 Å². The third kappa shape index (κ3) is 3.22. The summed E-state index contributed by atoms with van der Waals surface area (Å²) in [6, 6.07) is 2.09. The maximum Gasteiger partial charge on any atom is 0.0965 e. The molecule has 0 amide bonds. The molecule has 2 heteroatoms. The number of rotatable bonds is 5. The Balaban J connectivity index is 2.81. The summed E-state index contributed by atoms with van der Waals surface area (Å²) in [4.78, 5) is 8.89. The van der Waals surface area contributed by atoms with E-state index in [0.29, 0.717) is 5.70 Å². The van der Waals surface area contributed by atoms with Crippen molar-refractivity contribution >= 4 is 24.6 Å². The van der Waals surface area contributed by atoms with Crippen LogP contribution in [0.2, 0.25) is 0 Å². The van der Waals surface area contributed by atoms with E-state index < -0.39 is 0 Å². The monoisotopic (exact) mass is 290 g/mol. The number of hydrogen-bond donors (Lipinski definition) is 0. The SMILES string of the molecule is C=CCc1cc(C2=CCCC=C2)n/c(=C(\N=C)C(=C)C)c1=C. The van der Waals surface area contributed by atoms with Crippen molar-refractivity contribution in [3.8, 4) is 0 Å². The Morgan fingerprint density at radius 3 is 2.73 bits per heavy atom. The summed E-state index contributed by atoms with van der Waals surface area (Å²) in [6.45, 7) is 17.5. The van der Waals surface area contributed by atoms with Gasteiger partial charge >= 0.3 is 0 Å². The predicted octanol–water partition coefficient (Wildman–Crippen LogP) is 3.34. The summed E-state index contributed by atoms with van der Waals surface area (Å²) < 4.78 is 0. The van der Waals surface area contributed by atoms with Crippen molar-refractivity contribution in [2.24, 2.45) is 4.99 Å². The Morgan fingerprint density at radius 2 is 2.18 bits per heavy atom. The molecule has 1 heterocycles. The summed E-state index contributed by atoms with van der Waals surface area (Å²) in [7, 11) is 0. The van der Waals surface area contributed by atoms with Crippen LogP contribution in [0.25, 0.3) is 17.8 Å². The maximum atomic E-state index is 4.78. The Kier molecular flexibility index (Phi) is 5.05. The van der Waals surface area contributed by atoms with Crippen LogP contribution >= 0.6 is 0 Å². The van der Waals surface area contributed by atoms with E-state index in [9.17, 15) is 0 Å². The van der Waals surface area contributed by atoms with E-state index in [1.807, 2.05) is 13.0 Å². The lowest BCUT2D eigenvalue weighted by Gasteiger charge is -2.10. The summed E-state index contributed by atoms with van der Waals surface area (Å²) in [5.41, 5.74) is 4.73. The van der Waals surface area contributed by atoms with E-state index >= 15 is 0 Å². The molecule has 0 radical (unpaired) electrons. The van der Waals surface area contributed by atoms with Gasteiger partial charge < -0.3 is 0 Å². The lowest BCUT2D eigenvalue weighted by Crippen LogP contribution is -2.33. The molecule has 22 heavy (non-hydrogen) atoms. The fourth-order valence-corrected chi connectivity index (χ4v) is 2.52. The van der Waals surface area contributed by atoms with Gasteiger partial charge in [-0.1, -0.05) is 37.5 Å². The van der Waals surface area contributed by atoms with Gasteiger partial charge in [-0.05, 0) is 60.9 Å². The molecule has 0 N–H and O–H groups in total. The highest BCUT2D eigenvalue weighted by Crippen LogP contribution is 2.19. The van der Waals surface area contributed by atoms with Gasteiger partial charge in [-0.2, -0.15) is 0 Å². The first-order valence-corrected chi connectivity index (χ1v) is 7.42. The second-order valence-electron chi connectivity index (χ2n) is 5.41. The van der Waals surface area contributed by atoms with Crippen molar-refractivity contribution in [3.63, 3.8) is 0 Å². The van der Waals surface area contributed by atoms with Gasteiger partial charge in [0.2, 0.25) is 0 Å². The number of pyridine rings is 1. The number of aromatic nitrogens is 1. The zero-order chi connectivity index (χ0) is 16.1. The first kappa shape index (κ1) is 15.9. The standard InChI is InChI=1S/C20H22N2/c1-6-10-17-13-18(16-11-8-7-9-12-16)22-20(15(17)4)19(21-5)14(2)3/h6,8,11-13H,1-2,4-5,7,9-10H2,3H3/b20-19-. The van der Waals surface area contributed by atoms with Gasteiger partial charge in [0.1, 0.15) is 0 Å². The zero-order valence-corrected chi connectivity index (χ0v) is 13.2. The molecule has 2 rings (SSSR count). The molecule has 1 aliphatic carbocycles. The van der Waals surface area contributed by atoms with Crippen molar-refractivity contribution in [2.45, 2.75) is 26.2 Å². The second-order valence-corrected chi connectivity index (χ2v) is 5.41. The number of allylic oxidation sites excluding steroid dienone is 5. The molecule has 1 aliphatic rings. The van der Waals surface area contributed by atoms with Crippen LogP contribution < -0.4 is 10.6 Å². The molecule has 2 nitrogen and oxygen atoms in total. The van der Waals surface area contributed by atoms with Crippen LogP contribution in [-0.2, 0) is 6.42 Å². The number of nitrogens with zero attached hydrogens (tertiary/aromatic N) is 2. The first-order valence-electron chi connectivity index (χ1n) is 7.42. The lowest BCUT2D eigenvalue weighted by molar-refractivity contribution is 1.03. The molecule has 1 aromatic heterocycles. The maximum absolute atomic E-state index is 4.78. The van der Waals surface area contributed by atoms with Gasteiger partial charge in [-0.3, -0.25) is 4.99 Å². The van der Waals surface area contributed by atoms with Crippen molar-refractivity contribution < 1.29 is 0 Å². The van der Waals surface area contributed by atoms with Gasteiger partial charge in [0.05, 0.1) is 16.7 Å². The molecule has 0 fully saturated rings. The Hall–Kier alpha value is -2.48. The number of hydrogen-bond acceptors (Lipinski definition) is 2. The largest absolute Gasteiger partial charge is 0.262 e. The average Bonchev–Trinajstić information content (AvgIpc) is 2.52. The molecule has 0 unspecified atom stereocenters. The van der Waals surface area contributed by atoms with E-state index in [2.05, 4.69) is 55.7 Å². The van der Waals surface area contributed by atoms with Crippen LogP contribution in [0, 0.1) is 0 Å². The Labute approximate surface area is 132 Å². The molecular weight excluding hydrogens is 268 g/mol. The normalized spacial score (nSPS) is 15.0. The topological polar surface area (TPSA) is 25.2 Å². The van der Waals surface area contributed by atoms with E-state index in [-0.39, 0.29) is 0 Å². The molecule has 0 aromatic carbocycles. The molecule has 0 saturated carbocycles. The zero-order valence-electron chi connectivity index (χ0n) is 13.2. The minimum absolute atomic E-state index is 0.706. The molecule has 0 bridgehead atoms. The highest BCUT2D eigenvalue weighted by Gasteiger charge is 2.09. The van der Waals surface area contributed by atoms with Gasteiger partial charge in [-0.15, -0.1) is 6.58 Å². The molecule has 112 valence electrons. The van der Waals surface area contributed by atoms with Crippen molar-refractivity contribution in [1.29, 1.82) is 0 Å². The van der Waals surface area contributed by atoms with Crippen LogP contribution in [0.4, 0.5) is 0 Å². The van der Waals surface area contributed by atoms with Crippen LogP contribution in [-0.4, -0.2) is 11.7 Å². The third-order valence-electron chi connectivity index (χ3n) is 3.66. The van der Waals surface area contributed by atoms with Crippen LogP contribution in [0.15, 0.2) is 54.1 Å². The smallest absolute Gasteiger partial charge is 0.0965 e. The molecule has 0 spiro atoms. The van der Waals surface area contributed by atoms with Crippen LogP contribution in [0.3, 0.4) is 0 Å². The highest BCUT2D eigenvalue weighted by molar-refractivity contribution is 5.73. The van der Waals surface area contributed by atoms with E-state index in [0.717, 1.165) is 52.2 Å². The van der Waals surface area contributed by atoms with Gasteiger partial charge in [0.15, 0.2) is 0 Å². The van der Waals surface area contributed by atoms with Crippen molar-refractivity contribution in [3.05, 3.63) is 70.9 Å². The summed E-state index contributed by atoms with van der Waals surface area (Å²) in [6.07, 6.45) is 11.3. The quantitative estimate of drug-likeness (QED) is 0.603. The van der Waals surface area contributed by atoms with Gasteiger partial charge in [0, 0.05) is 0 Å². The Morgan fingerprint density at radius 1 is 1.41 bits per heavy atom. The lowest BCUT2D eigenvalue weighted by atomic mass is 10.0. The van der Waals surface area contributed by atoms with Crippen LogP contribution in [0.1, 0.15) is 31.0 Å². The van der Waals surface area contributed by atoms with Crippen LogP contribution in [0.5, 0.6) is 0 Å². The fourth-order valence-electron chi connectivity index (χ4n) is 2.52. The molecule has 1 aromatic rings. The highest BCUT2D eigenvalue weighted by atomic mass is 14.8. The molecule has 0 atom stereocenters. The summed E-state index contributed by atoms with van der Waals surface area (Å²) in [5.74, 6) is 0. The van der Waals surface area contributed by atoms with Crippen molar-refractivity contribution in [1.82, 2.24) is 4.98 Å². The summed E-state index contributed by atoms with van der Waals surface area (Å²) in [5, 5.41) is 1.63. The predicted molar refractivity (Wildman–Crippen MR) is 97.0 cm³/mol. The van der Waals surface area contributed by atoms with E-state index in [1.165, 1.54) is 0 Å². The minimum atomic E-state index is 0.706. The third-order valence-corrected chi connectivity index (χ3v) is 3.66. The van der Waals surface area contributed by atoms with E-state index in [4.69, 9.17) is 4.98 Å². The second kappa shape index (κ2) is 6.99. The Bertz CT molecular complexity index is 792. The molecule has 0 saturated heterocycles. The van der Waals surface area contributed by atoms with Gasteiger partial charge in [0.25, 0.3) is 0 Å². The fraction of sp³-hybridized carbons (Fsp3) is 0.200. The van der Waals surface area contributed by atoms with E-state index in [1.54, 1.807) is 0 Å². The molecular formula is C20H22N2. The minimum Gasteiger partial charge on any atom is -0.262 e. The number of aliphatic imine (C=N–C) groups is 1. The molecule has 0 aliphatic heterocycles. The average molecular weight is 290 g/mol.